The zero-order valence-corrected chi connectivity index (χ0v) is 6.41. The average Bonchev–Trinajstić information content (AvgIpc) is 2.03. The van der Waals surface area contributed by atoms with Gasteiger partial charge in [-0.1, -0.05) is 35.8 Å². The van der Waals surface area contributed by atoms with Gasteiger partial charge in [0.2, 0.25) is 7.12 Å². The Morgan fingerprint density at radius 1 is 1.15 bits per heavy atom. The zero-order chi connectivity index (χ0) is 9.90. The molecular formula is C7H5BF3O2-. The van der Waals surface area contributed by atoms with E-state index in [1.54, 1.807) is 6.07 Å². The van der Waals surface area contributed by atoms with Crippen LogP contribution in [-0.2, 0) is 4.65 Å². The lowest BCUT2D eigenvalue weighted by Gasteiger charge is -2.21. The molecule has 70 valence electrons. The van der Waals surface area contributed by atoms with Crippen LogP contribution < -0.4 is 10.5 Å². The molecule has 0 aliphatic carbocycles. The van der Waals surface area contributed by atoms with Crippen molar-refractivity contribution in [2.24, 2.45) is 0 Å². The van der Waals surface area contributed by atoms with Crippen molar-refractivity contribution in [3.63, 3.8) is 0 Å². The predicted octanol–water partition coefficient (Wildman–Crippen LogP) is 0.278. The Labute approximate surface area is 73.1 Å². The molecule has 1 aromatic carbocycles. The smallest absolute Gasteiger partial charge is 0.507 e. The van der Waals surface area contributed by atoms with Crippen LogP contribution in [0.1, 0.15) is 0 Å². The van der Waals surface area contributed by atoms with Crippen LogP contribution in [0.4, 0.5) is 13.2 Å². The summed E-state index contributed by atoms with van der Waals surface area (Å²) in [5.41, 5.74) is -0.0418. The third-order valence-electron chi connectivity index (χ3n) is 1.31. The predicted molar refractivity (Wildman–Crippen MR) is 39.0 cm³/mol. The number of halogens is 3. The zero-order valence-electron chi connectivity index (χ0n) is 6.41. The average molecular weight is 189 g/mol. The monoisotopic (exact) mass is 189 g/mol. The summed E-state index contributed by atoms with van der Waals surface area (Å²) in [7, 11) is -2.21. The van der Waals surface area contributed by atoms with Crippen LogP contribution in [0.2, 0.25) is 0 Å². The summed E-state index contributed by atoms with van der Waals surface area (Å²) in [6.07, 6.45) is -4.89. The van der Waals surface area contributed by atoms with E-state index in [-0.39, 0.29) is 5.46 Å². The van der Waals surface area contributed by atoms with Crippen LogP contribution >= 0.6 is 0 Å². The Hall–Kier alpha value is -1.01. The molecule has 0 unspecified atom stereocenters. The summed E-state index contributed by atoms with van der Waals surface area (Å²) in [5.74, 6) is 0. The minimum Gasteiger partial charge on any atom is -0.852 e. The molecule has 13 heavy (non-hydrogen) atoms. The van der Waals surface area contributed by atoms with Crippen LogP contribution in [-0.4, -0.2) is 13.5 Å². The van der Waals surface area contributed by atoms with Crippen LogP contribution in [0.5, 0.6) is 0 Å². The molecule has 0 saturated carbocycles. The number of alkyl halides is 3. The van der Waals surface area contributed by atoms with E-state index in [1.165, 1.54) is 24.3 Å². The van der Waals surface area contributed by atoms with Crippen LogP contribution in [0.15, 0.2) is 30.3 Å². The van der Waals surface area contributed by atoms with E-state index in [9.17, 15) is 18.2 Å². The standard InChI is InChI=1S/C7H5BF3O2/c9-7(10,11)13-8(12)6-4-2-1-3-5-6/h1-5H/q-1. The van der Waals surface area contributed by atoms with E-state index >= 15 is 0 Å². The lowest BCUT2D eigenvalue weighted by atomic mass is 9.80. The highest BCUT2D eigenvalue weighted by Gasteiger charge is 2.30. The van der Waals surface area contributed by atoms with Gasteiger partial charge in [-0.15, -0.1) is 13.2 Å². The summed E-state index contributed by atoms with van der Waals surface area (Å²) in [5, 5.41) is 10.8. The third-order valence-corrected chi connectivity index (χ3v) is 1.31. The van der Waals surface area contributed by atoms with Gasteiger partial charge in [-0.3, -0.25) is 0 Å². The van der Waals surface area contributed by atoms with Gasteiger partial charge in [0, 0.05) is 0 Å². The maximum absolute atomic E-state index is 11.6. The van der Waals surface area contributed by atoms with Crippen molar-refractivity contribution in [2.75, 3.05) is 0 Å². The molecule has 6 heteroatoms. The fourth-order valence-corrected chi connectivity index (χ4v) is 0.800. The Balaban J connectivity index is 2.64. The molecule has 0 heterocycles. The molecule has 0 fully saturated rings. The summed E-state index contributed by atoms with van der Waals surface area (Å²) < 4.78 is 38.0. The minimum atomic E-state index is -4.89. The second-order valence-electron chi connectivity index (χ2n) is 2.31. The molecule has 0 saturated heterocycles. The van der Waals surface area contributed by atoms with Gasteiger partial charge in [0.05, 0.1) is 0 Å². The Morgan fingerprint density at radius 2 is 1.69 bits per heavy atom. The van der Waals surface area contributed by atoms with Gasteiger partial charge in [-0.2, -0.15) is 0 Å². The van der Waals surface area contributed by atoms with Crippen LogP contribution in [0, 0.1) is 0 Å². The molecule has 0 aromatic heterocycles. The summed E-state index contributed by atoms with van der Waals surface area (Å²) in [6.45, 7) is 0. The minimum absolute atomic E-state index is 0.0418. The first-order chi connectivity index (χ1) is 5.99. The lowest BCUT2D eigenvalue weighted by Crippen LogP contribution is -2.49. The highest BCUT2D eigenvalue weighted by atomic mass is 19.4. The SMILES string of the molecule is [O-]B(OC(F)(F)F)c1ccccc1. The highest BCUT2D eigenvalue weighted by molar-refractivity contribution is 6.58. The van der Waals surface area contributed by atoms with Gasteiger partial charge in [0.15, 0.2) is 0 Å². The molecule has 1 rings (SSSR count). The Bertz CT molecular complexity index is 262. The van der Waals surface area contributed by atoms with Crippen LogP contribution in [0.25, 0.3) is 0 Å². The largest absolute Gasteiger partial charge is 0.852 e. The normalized spacial score (nSPS) is 11.4. The molecule has 0 amide bonds. The van der Waals surface area contributed by atoms with E-state index < -0.39 is 13.5 Å². The summed E-state index contributed by atoms with van der Waals surface area (Å²) in [4.78, 5) is 0. The lowest BCUT2D eigenvalue weighted by molar-refractivity contribution is -0.321. The van der Waals surface area contributed by atoms with E-state index in [4.69, 9.17) is 0 Å². The second kappa shape index (κ2) is 3.80. The molecular weight excluding hydrogens is 184 g/mol. The molecule has 0 N–H and O–H groups in total. The number of rotatable bonds is 2. The van der Waals surface area contributed by atoms with Gasteiger partial charge in [-0.25, -0.2) is 0 Å². The number of benzene rings is 1. The summed E-state index contributed by atoms with van der Waals surface area (Å²) >= 11 is 0. The first kappa shape index (κ1) is 10.1. The fraction of sp³-hybridized carbons (Fsp3) is 0.143. The van der Waals surface area contributed by atoms with E-state index in [0.717, 1.165) is 0 Å². The van der Waals surface area contributed by atoms with Crippen LogP contribution in [0.3, 0.4) is 0 Å². The van der Waals surface area contributed by atoms with E-state index in [0.29, 0.717) is 0 Å². The molecule has 2 nitrogen and oxygen atoms in total. The molecule has 0 bridgehead atoms. The van der Waals surface area contributed by atoms with Gasteiger partial charge >= 0.3 is 6.36 Å². The topological polar surface area (TPSA) is 32.3 Å². The van der Waals surface area contributed by atoms with Gasteiger partial charge in [-0.05, 0) is 0 Å². The second-order valence-corrected chi connectivity index (χ2v) is 2.31. The van der Waals surface area contributed by atoms with Crippen molar-refractivity contribution in [1.29, 1.82) is 0 Å². The first-order valence-electron chi connectivity index (χ1n) is 3.44. The van der Waals surface area contributed by atoms with Crippen molar-refractivity contribution in [3.05, 3.63) is 30.3 Å². The first-order valence-corrected chi connectivity index (χ1v) is 3.44. The van der Waals surface area contributed by atoms with Crippen molar-refractivity contribution in [2.45, 2.75) is 6.36 Å². The summed E-state index contributed by atoms with van der Waals surface area (Å²) in [6, 6.07) is 7.11. The fourth-order valence-electron chi connectivity index (χ4n) is 0.800. The van der Waals surface area contributed by atoms with Crippen molar-refractivity contribution in [3.8, 4) is 0 Å². The molecule has 0 atom stereocenters. The van der Waals surface area contributed by atoms with Crippen molar-refractivity contribution < 1.29 is 22.8 Å². The molecule has 1 aromatic rings. The highest BCUT2D eigenvalue weighted by Crippen LogP contribution is 2.15. The Kier molecular flexibility index (Phi) is 2.95. The number of hydrogen-bond acceptors (Lipinski definition) is 2. The molecule has 0 aliphatic rings. The van der Waals surface area contributed by atoms with Crippen molar-refractivity contribution >= 4 is 12.6 Å². The maximum atomic E-state index is 11.6. The quantitative estimate of drug-likeness (QED) is 0.625. The Morgan fingerprint density at radius 3 is 2.15 bits per heavy atom. The van der Waals surface area contributed by atoms with E-state index in [1.807, 2.05) is 0 Å². The third kappa shape index (κ3) is 3.48. The van der Waals surface area contributed by atoms with Gasteiger partial charge in [0.1, 0.15) is 0 Å². The van der Waals surface area contributed by atoms with Crippen molar-refractivity contribution in [1.82, 2.24) is 0 Å². The maximum Gasteiger partial charge on any atom is 0.507 e. The molecule has 0 aliphatic heterocycles. The van der Waals surface area contributed by atoms with Gasteiger partial charge in [0.25, 0.3) is 0 Å². The number of hydrogen-bond donors (Lipinski definition) is 0. The van der Waals surface area contributed by atoms with E-state index in [2.05, 4.69) is 4.65 Å². The molecule has 0 spiro atoms. The van der Waals surface area contributed by atoms with Gasteiger partial charge < -0.3 is 9.68 Å². The molecule has 0 radical (unpaired) electrons.